The van der Waals surface area contributed by atoms with Gasteiger partial charge in [-0.2, -0.15) is 0 Å². The lowest BCUT2D eigenvalue weighted by atomic mass is 9.89. The Morgan fingerprint density at radius 3 is 2.72 bits per heavy atom. The summed E-state index contributed by atoms with van der Waals surface area (Å²) >= 11 is 0. The van der Waals surface area contributed by atoms with Gasteiger partial charge in [0.15, 0.2) is 0 Å². The van der Waals surface area contributed by atoms with Crippen molar-refractivity contribution in [2.24, 2.45) is 23.7 Å². The summed E-state index contributed by atoms with van der Waals surface area (Å²) in [7, 11) is 0. The topological polar surface area (TPSA) is 77.8 Å². The number of carboxylic acids is 1. The molecule has 0 radical (unpaired) electrons. The molecule has 3 aliphatic rings. The Morgan fingerprint density at radius 2 is 2.00 bits per heavy atom. The number of hydrogen-bond donors (Lipinski definition) is 3. The monoisotopic (exact) mass is 348 g/mol. The highest BCUT2D eigenvalue weighted by molar-refractivity contribution is 5.66. The molecule has 3 saturated carbocycles. The van der Waals surface area contributed by atoms with Crippen LogP contribution in [-0.2, 0) is 4.79 Å². The molecule has 0 amide bonds. The van der Waals surface area contributed by atoms with E-state index in [2.05, 4.69) is 12.2 Å². The summed E-state index contributed by atoms with van der Waals surface area (Å²) < 4.78 is 0. The van der Waals surface area contributed by atoms with Gasteiger partial charge in [0.05, 0.1) is 12.2 Å². The first-order valence-corrected chi connectivity index (χ1v) is 9.98. The smallest absolute Gasteiger partial charge is 0.303 e. The van der Waals surface area contributed by atoms with Gasteiger partial charge in [-0.15, -0.1) is 0 Å². The van der Waals surface area contributed by atoms with E-state index in [1.54, 1.807) is 0 Å². The van der Waals surface area contributed by atoms with E-state index in [0.29, 0.717) is 24.2 Å². The number of unbranched alkanes of at least 4 members (excludes halogenated alkanes) is 1. The molecule has 3 aliphatic carbocycles. The van der Waals surface area contributed by atoms with E-state index >= 15 is 0 Å². The predicted molar refractivity (Wildman–Crippen MR) is 97.0 cm³/mol. The van der Waals surface area contributed by atoms with E-state index in [9.17, 15) is 15.0 Å². The molecule has 0 heterocycles. The second kappa shape index (κ2) is 8.50. The molecule has 5 atom stereocenters. The van der Waals surface area contributed by atoms with Gasteiger partial charge >= 0.3 is 5.97 Å². The molecule has 0 saturated heterocycles. The summed E-state index contributed by atoms with van der Waals surface area (Å²) in [5.41, 5.74) is 1.43. The summed E-state index contributed by atoms with van der Waals surface area (Å²) in [6, 6.07) is 0. The van der Waals surface area contributed by atoms with Gasteiger partial charge in [-0.3, -0.25) is 4.79 Å². The molecule has 25 heavy (non-hydrogen) atoms. The standard InChI is InChI=1S/C21H32O4/c22-19(15-6-2-3-7-15)10-9-17-18-12-14(5-1-4-8-21(24)25)11-16(18)13-20(17)23/h5,9-10,15-20,22-23H,1-4,6-8,11-13H2,(H,24,25)/b10-9+,14-5-. The quantitative estimate of drug-likeness (QED) is 0.484. The van der Waals surface area contributed by atoms with Crippen molar-refractivity contribution in [2.75, 3.05) is 0 Å². The normalized spacial score (nSPS) is 35.7. The maximum absolute atomic E-state index is 10.6. The minimum absolute atomic E-state index is 0.158. The lowest BCUT2D eigenvalue weighted by Crippen LogP contribution is -2.19. The maximum Gasteiger partial charge on any atom is 0.303 e. The van der Waals surface area contributed by atoms with E-state index in [1.807, 2.05) is 6.08 Å². The first-order chi connectivity index (χ1) is 12.0. The Bertz CT molecular complexity index is 518. The van der Waals surface area contributed by atoms with Gasteiger partial charge in [0.1, 0.15) is 0 Å². The van der Waals surface area contributed by atoms with Crippen molar-refractivity contribution in [3.8, 4) is 0 Å². The molecule has 0 aromatic heterocycles. The fourth-order valence-electron chi connectivity index (χ4n) is 5.20. The summed E-state index contributed by atoms with van der Waals surface area (Å²) in [5.74, 6) is 0.854. The van der Waals surface area contributed by atoms with E-state index in [4.69, 9.17) is 5.11 Å². The van der Waals surface area contributed by atoms with Crippen LogP contribution >= 0.6 is 0 Å². The van der Waals surface area contributed by atoms with Crippen LogP contribution in [0.1, 0.15) is 64.2 Å². The largest absolute Gasteiger partial charge is 0.481 e. The highest BCUT2D eigenvalue weighted by Gasteiger charge is 2.45. The number of carboxylic acid groups (broad SMARTS) is 1. The van der Waals surface area contributed by atoms with Gasteiger partial charge in [-0.1, -0.05) is 36.6 Å². The average molecular weight is 348 g/mol. The molecule has 0 spiro atoms. The number of hydrogen-bond acceptors (Lipinski definition) is 3. The molecule has 4 nitrogen and oxygen atoms in total. The molecule has 0 aromatic carbocycles. The van der Waals surface area contributed by atoms with Crippen molar-refractivity contribution < 1.29 is 20.1 Å². The van der Waals surface area contributed by atoms with Crippen molar-refractivity contribution in [1.82, 2.24) is 0 Å². The number of carbonyl (C=O) groups is 1. The summed E-state index contributed by atoms with van der Waals surface area (Å²) in [5, 5.41) is 29.5. The van der Waals surface area contributed by atoms with Gasteiger partial charge < -0.3 is 15.3 Å². The summed E-state index contributed by atoms with van der Waals surface area (Å²) in [6.07, 6.45) is 15.0. The van der Waals surface area contributed by atoms with E-state index < -0.39 is 5.97 Å². The highest BCUT2D eigenvalue weighted by Crippen LogP contribution is 2.50. The molecule has 0 aromatic rings. The molecule has 3 fully saturated rings. The lowest BCUT2D eigenvalue weighted by molar-refractivity contribution is -0.137. The minimum atomic E-state index is -0.726. The molecular weight excluding hydrogens is 316 g/mol. The first-order valence-electron chi connectivity index (χ1n) is 9.98. The second-order valence-corrected chi connectivity index (χ2v) is 8.28. The van der Waals surface area contributed by atoms with Crippen LogP contribution in [0.2, 0.25) is 0 Å². The van der Waals surface area contributed by atoms with Gasteiger partial charge in [-0.25, -0.2) is 0 Å². The number of aliphatic hydroxyl groups is 2. The van der Waals surface area contributed by atoms with Gasteiger partial charge in [0.2, 0.25) is 0 Å². The zero-order valence-electron chi connectivity index (χ0n) is 15.0. The van der Waals surface area contributed by atoms with Crippen molar-refractivity contribution in [3.05, 3.63) is 23.8 Å². The number of allylic oxidation sites excluding steroid dienone is 2. The van der Waals surface area contributed by atoms with Crippen molar-refractivity contribution in [2.45, 2.75) is 76.4 Å². The van der Waals surface area contributed by atoms with Crippen LogP contribution in [0.5, 0.6) is 0 Å². The first kappa shape index (κ1) is 18.7. The molecule has 5 unspecified atom stereocenters. The van der Waals surface area contributed by atoms with E-state index in [0.717, 1.165) is 38.5 Å². The van der Waals surface area contributed by atoms with Crippen LogP contribution in [0.4, 0.5) is 0 Å². The molecule has 4 heteroatoms. The van der Waals surface area contributed by atoms with Gasteiger partial charge in [0.25, 0.3) is 0 Å². The third kappa shape index (κ3) is 4.73. The SMILES string of the molecule is O=C(O)CCC/C=C1/CC2CC(O)C(/C=C/C(O)C3CCCC3)C2C1. The predicted octanol–water partition coefficient (Wildman–Crippen LogP) is 3.68. The Hall–Kier alpha value is -1.13. The van der Waals surface area contributed by atoms with Crippen LogP contribution < -0.4 is 0 Å². The van der Waals surface area contributed by atoms with Gasteiger partial charge in [0, 0.05) is 12.3 Å². The minimum Gasteiger partial charge on any atom is -0.481 e. The van der Waals surface area contributed by atoms with Crippen LogP contribution in [0.3, 0.4) is 0 Å². The fourth-order valence-corrected chi connectivity index (χ4v) is 5.20. The zero-order valence-corrected chi connectivity index (χ0v) is 15.0. The Balaban J connectivity index is 1.53. The number of aliphatic hydroxyl groups excluding tert-OH is 2. The fraction of sp³-hybridized carbons (Fsp3) is 0.762. The summed E-state index contributed by atoms with van der Waals surface area (Å²) in [4.78, 5) is 10.6. The lowest BCUT2D eigenvalue weighted by Gasteiger charge is -2.19. The second-order valence-electron chi connectivity index (χ2n) is 8.28. The summed E-state index contributed by atoms with van der Waals surface area (Å²) in [6.45, 7) is 0. The van der Waals surface area contributed by atoms with Crippen LogP contribution in [0, 0.1) is 23.7 Å². The number of fused-ring (bicyclic) bond motifs is 1. The Kier molecular flexibility index (Phi) is 6.34. The van der Waals surface area contributed by atoms with E-state index in [1.165, 1.54) is 18.4 Å². The van der Waals surface area contributed by atoms with Crippen molar-refractivity contribution >= 4 is 5.97 Å². The van der Waals surface area contributed by atoms with Crippen molar-refractivity contribution in [3.63, 3.8) is 0 Å². The number of aliphatic carboxylic acids is 1. The Labute approximate surface area is 150 Å². The molecule has 0 bridgehead atoms. The van der Waals surface area contributed by atoms with E-state index in [-0.39, 0.29) is 24.5 Å². The average Bonchev–Trinajstić information content (AvgIpc) is 3.26. The van der Waals surface area contributed by atoms with Gasteiger partial charge in [-0.05, 0) is 62.7 Å². The highest BCUT2D eigenvalue weighted by atomic mass is 16.4. The third-order valence-corrected chi connectivity index (χ3v) is 6.55. The van der Waals surface area contributed by atoms with Crippen molar-refractivity contribution in [1.29, 1.82) is 0 Å². The van der Waals surface area contributed by atoms with Crippen LogP contribution in [0.25, 0.3) is 0 Å². The molecule has 3 rings (SSSR count). The maximum atomic E-state index is 10.6. The number of rotatable bonds is 7. The molecular formula is C21H32O4. The van der Waals surface area contributed by atoms with Crippen LogP contribution in [0.15, 0.2) is 23.8 Å². The molecule has 140 valence electrons. The molecule has 3 N–H and O–H groups in total. The zero-order chi connectivity index (χ0) is 17.8. The third-order valence-electron chi connectivity index (χ3n) is 6.55. The molecule has 0 aliphatic heterocycles. The van der Waals surface area contributed by atoms with Crippen LogP contribution in [-0.4, -0.2) is 33.5 Å². The Morgan fingerprint density at radius 1 is 1.24 bits per heavy atom.